The van der Waals surface area contributed by atoms with Gasteiger partial charge in [-0.2, -0.15) is 0 Å². The quantitative estimate of drug-likeness (QED) is 0.854. The highest BCUT2D eigenvalue weighted by molar-refractivity contribution is 9.10. The van der Waals surface area contributed by atoms with Crippen LogP contribution in [0, 0.1) is 0 Å². The Kier molecular flexibility index (Phi) is 4.07. The molecule has 1 unspecified atom stereocenters. The number of aromatic nitrogens is 2. The van der Waals surface area contributed by atoms with Gasteiger partial charge >= 0.3 is 0 Å². The third-order valence-corrected chi connectivity index (χ3v) is 4.08. The van der Waals surface area contributed by atoms with Crippen molar-refractivity contribution in [1.29, 1.82) is 0 Å². The number of nitrogens with zero attached hydrogens (tertiary/aromatic N) is 2. The minimum absolute atomic E-state index is 0.134. The summed E-state index contributed by atoms with van der Waals surface area (Å²) in [7, 11) is 0. The topological polar surface area (TPSA) is 37.8 Å². The standard InChI is InChI=1S/C13H15BrClN3/c1-3-13(2,8-15)18-10-4-5-16-11-6-9(14)7-17-12(10)11/h4-7H,3,8H2,1-2H3,(H,16,18). The normalized spacial score (nSPS) is 14.4. The minimum atomic E-state index is -0.134. The summed E-state index contributed by atoms with van der Waals surface area (Å²) in [6, 6.07) is 3.89. The molecule has 0 aliphatic carbocycles. The van der Waals surface area contributed by atoms with Crippen LogP contribution >= 0.6 is 27.5 Å². The molecule has 0 aliphatic heterocycles. The Bertz CT molecular complexity index is 555. The van der Waals surface area contributed by atoms with Crippen LogP contribution in [-0.2, 0) is 0 Å². The zero-order chi connectivity index (χ0) is 13.2. The number of halogens is 2. The molecule has 96 valence electrons. The van der Waals surface area contributed by atoms with Gasteiger partial charge in [0.25, 0.3) is 0 Å². The van der Waals surface area contributed by atoms with E-state index in [0.29, 0.717) is 5.88 Å². The third-order valence-electron chi connectivity index (χ3n) is 3.06. The second-order valence-electron chi connectivity index (χ2n) is 4.55. The van der Waals surface area contributed by atoms with Crippen molar-refractivity contribution in [3.8, 4) is 0 Å². The first-order chi connectivity index (χ1) is 8.58. The van der Waals surface area contributed by atoms with Gasteiger partial charge in [0, 0.05) is 28.3 Å². The van der Waals surface area contributed by atoms with Crippen molar-refractivity contribution in [1.82, 2.24) is 9.97 Å². The molecule has 0 spiro atoms. The molecular weight excluding hydrogens is 314 g/mol. The lowest BCUT2D eigenvalue weighted by atomic mass is 10.0. The third kappa shape index (κ3) is 2.75. The summed E-state index contributed by atoms with van der Waals surface area (Å²) in [6.45, 7) is 4.22. The van der Waals surface area contributed by atoms with Gasteiger partial charge in [-0.05, 0) is 41.4 Å². The zero-order valence-corrected chi connectivity index (χ0v) is 12.7. The fourth-order valence-corrected chi connectivity index (χ4v) is 2.22. The number of hydrogen-bond acceptors (Lipinski definition) is 3. The fraction of sp³-hybridized carbons (Fsp3) is 0.385. The van der Waals surface area contributed by atoms with Gasteiger partial charge in [-0.25, -0.2) is 0 Å². The van der Waals surface area contributed by atoms with Crippen LogP contribution in [0.2, 0.25) is 0 Å². The molecule has 2 rings (SSSR count). The van der Waals surface area contributed by atoms with Crippen LogP contribution in [-0.4, -0.2) is 21.4 Å². The maximum atomic E-state index is 6.03. The summed E-state index contributed by atoms with van der Waals surface area (Å²) in [6.07, 6.45) is 4.50. The van der Waals surface area contributed by atoms with Gasteiger partial charge in [0.15, 0.2) is 0 Å². The van der Waals surface area contributed by atoms with Crippen LogP contribution < -0.4 is 5.32 Å². The lowest BCUT2D eigenvalue weighted by Gasteiger charge is -2.28. The van der Waals surface area contributed by atoms with E-state index in [1.54, 1.807) is 12.4 Å². The maximum Gasteiger partial charge on any atom is 0.112 e. The van der Waals surface area contributed by atoms with Crippen LogP contribution in [0.3, 0.4) is 0 Å². The molecule has 2 aromatic rings. The van der Waals surface area contributed by atoms with Crippen molar-refractivity contribution in [2.45, 2.75) is 25.8 Å². The number of pyridine rings is 2. The number of nitrogens with one attached hydrogen (secondary N) is 1. The first-order valence-corrected chi connectivity index (χ1v) is 7.15. The largest absolute Gasteiger partial charge is 0.377 e. The highest BCUT2D eigenvalue weighted by Crippen LogP contribution is 2.26. The average Bonchev–Trinajstić information content (AvgIpc) is 2.38. The van der Waals surface area contributed by atoms with Crippen molar-refractivity contribution in [3.63, 3.8) is 0 Å². The molecule has 0 radical (unpaired) electrons. The first-order valence-electron chi connectivity index (χ1n) is 5.82. The van der Waals surface area contributed by atoms with Crippen LogP contribution in [0.4, 0.5) is 5.69 Å². The molecule has 0 amide bonds. The Morgan fingerprint density at radius 2 is 2.22 bits per heavy atom. The fourth-order valence-electron chi connectivity index (χ4n) is 1.65. The van der Waals surface area contributed by atoms with E-state index >= 15 is 0 Å². The van der Waals surface area contributed by atoms with Gasteiger partial charge in [0.2, 0.25) is 0 Å². The summed E-state index contributed by atoms with van der Waals surface area (Å²) < 4.78 is 0.926. The second-order valence-corrected chi connectivity index (χ2v) is 5.74. The molecule has 2 heterocycles. The van der Waals surface area contributed by atoms with Gasteiger partial charge in [-0.15, -0.1) is 11.6 Å². The molecule has 3 nitrogen and oxygen atoms in total. The Balaban J connectivity index is 2.45. The molecule has 2 aromatic heterocycles. The number of hydrogen-bond donors (Lipinski definition) is 1. The summed E-state index contributed by atoms with van der Waals surface area (Å²) >= 11 is 9.43. The van der Waals surface area contributed by atoms with Crippen LogP contribution in [0.5, 0.6) is 0 Å². The van der Waals surface area contributed by atoms with Crippen molar-refractivity contribution < 1.29 is 0 Å². The van der Waals surface area contributed by atoms with Gasteiger partial charge in [0.05, 0.1) is 11.2 Å². The van der Waals surface area contributed by atoms with E-state index in [-0.39, 0.29) is 5.54 Å². The Labute approximate surface area is 120 Å². The van der Waals surface area contributed by atoms with Crippen molar-refractivity contribution >= 4 is 44.3 Å². The van der Waals surface area contributed by atoms with Crippen molar-refractivity contribution in [2.24, 2.45) is 0 Å². The van der Waals surface area contributed by atoms with Gasteiger partial charge in [0.1, 0.15) is 5.52 Å². The molecule has 0 fully saturated rings. The Hall–Kier alpha value is -0.870. The van der Waals surface area contributed by atoms with Gasteiger partial charge < -0.3 is 5.32 Å². The van der Waals surface area contributed by atoms with Crippen LogP contribution in [0.25, 0.3) is 11.0 Å². The number of rotatable bonds is 4. The zero-order valence-electron chi connectivity index (χ0n) is 10.4. The molecule has 0 aromatic carbocycles. The lowest BCUT2D eigenvalue weighted by molar-refractivity contribution is 0.554. The SMILES string of the molecule is CCC(C)(CCl)Nc1ccnc2cc(Br)cnc12. The molecule has 1 atom stereocenters. The summed E-state index contributed by atoms with van der Waals surface area (Å²) in [4.78, 5) is 8.74. The predicted octanol–water partition coefficient (Wildman–Crippen LogP) is 4.21. The van der Waals surface area contributed by atoms with Crippen molar-refractivity contribution in [3.05, 3.63) is 29.0 Å². The molecule has 0 bridgehead atoms. The highest BCUT2D eigenvalue weighted by atomic mass is 79.9. The summed E-state index contributed by atoms with van der Waals surface area (Å²) in [5.41, 5.74) is 2.57. The Morgan fingerprint density at radius 1 is 1.44 bits per heavy atom. The molecule has 0 aliphatic rings. The van der Waals surface area contributed by atoms with E-state index in [1.165, 1.54) is 0 Å². The van der Waals surface area contributed by atoms with Gasteiger partial charge in [-0.1, -0.05) is 6.92 Å². The average molecular weight is 329 g/mol. The van der Waals surface area contributed by atoms with E-state index in [2.05, 4.69) is 45.1 Å². The van der Waals surface area contributed by atoms with E-state index < -0.39 is 0 Å². The number of anilines is 1. The lowest BCUT2D eigenvalue weighted by Crippen LogP contribution is -2.36. The molecule has 1 N–H and O–H groups in total. The number of alkyl halides is 1. The minimum Gasteiger partial charge on any atom is -0.377 e. The monoisotopic (exact) mass is 327 g/mol. The molecular formula is C13H15BrClN3. The second kappa shape index (κ2) is 5.41. The summed E-state index contributed by atoms with van der Waals surface area (Å²) in [5, 5.41) is 3.47. The predicted molar refractivity (Wildman–Crippen MR) is 80.3 cm³/mol. The summed E-state index contributed by atoms with van der Waals surface area (Å²) in [5.74, 6) is 0.545. The van der Waals surface area contributed by atoms with E-state index in [4.69, 9.17) is 11.6 Å². The van der Waals surface area contributed by atoms with Crippen LogP contribution in [0.15, 0.2) is 29.0 Å². The van der Waals surface area contributed by atoms with Crippen molar-refractivity contribution in [2.75, 3.05) is 11.2 Å². The Morgan fingerprint density at radius 3 is 2.89 bits per heavy atom. The molecule has 18 heavy (non-hydrogen) atoms. The smallest absolute Gasteiger partial charge is 0.112 e. The van der Waals surface area contributed by atoms with Crippen LogP contribution in [0.1, 0.15) is 20.3 Å². The van der Waals surface area contributed by atoms with E-state index in [0.717, 1.165) is 27.6 Å². The van der Waals surface area contributed by atoms with E-state index in [9.17, 15) is 0 Å². The highest BCUT2D eigenvalue weighted by Gasteiger charge is 2.21. The van der Waals surface area contributed by atoms with E-state index in [1.807, 2.05) is 12.1 Å². The maximum absolute atomic E-state index is 6.03. The number of fused-ring (bicyclic) bond motifs is 1. The molecule has 5 heteroatoms. The van der Waals surface area contributed by atoms with Gasteiger partial charge in [-0.3, -0.25) is 9.97 Å². The molecule has 0 saturated heterocycles. The first kappa shape index (κ1) is 13.6. The molecule has 0 saturated carbocycles.